The second-order valence-electron chi connectivity index (χ2n) is 6.52. The van der Waals surface area contributed by atoms with E-state index in [1.54, 1.807) is 12.1 Å². The van der Waals surface area contributed by atoms with E-state index < -0.39 is 0 Å². The molecule has 2 aliphatic rings. The molecule has 2 aromatic carbocycles. The minimum atomic E-state index is -0.291. The van der Waals surface area contributed by atoms with Gasteiger partial charge < -0.3 is 0 Å². The Morgan fingerprint density at radius 3 is 2.87 bits per heavy atom. The van der Waals surface area contributed by atoms with Crippen LogP contribution in [0.25, 0.3) is 0 Å². The summed E-state index contributed by atoms with van der Waals surface area (Å²) in [4.78, 5) is 4.57. The molecule has 0 aromatic heterocycles. The number of halogens is 1. The molecular formula is C19H19FN2O. The second-order valence-corrected chi connectivity index (χ2v) is 6.52. The van der Waals surface area contributed by atoms with Gasteiger partial charge in [-0.05, 0) is 54.5 Å². The van der Waals surface area contributed by atoms with Gasteiger partial charge in [-0.25, -0.2) is 9.38 Å². The van der Waals surface area contributed by atoms with Crippen molar-refractivity contribution in [3.05, 3.63) is 65.5 Å². The molecule has 4 heteroatoms. The van der Waals surface area contributed by atoms with Gasteiger partial charge in [-0.2, -0.15) is 0 Å². The molecule has 23 heavy (non-hydrogen) atoms. The molecule has 2 aromatic rings. The highest BCUT2D eigenvalue weighted by Gasteiger charge is 2.47. The lowest BCUT2D eigenvalue weighted by molar-refractivity contribution is 0.215. The zero-order valence-corrected chi connectivity index (χ0v) is 12.8. The summed E-state index contributed by atoms with van der Waals surface area (Å²) in [7, 11) is 0. The maximum Gasteiger partial charge on any atom is 0.136 e. The summed E-state index contributed by atoms with van der Waals surface area (Å²) in [6.07, 6.45) is 3.84. The average Bonchev–Trinajstić information content (AvgIpc) is 2.88. The number of para-hydroxylation sites is 1. The lowest BCUT2D eigenvalue weighted by atomic mass is 9.64. The Labute approximate surface area is 134 Å². The van der Waals surface area contributed by atoms with Crippen LogP contribution in [0.3, 0.4) is 0 Å². The molecule has 1 spiro atoms. The molecule has 1 heterocycles. The molecule has 2 unspecified atom stereocenters. The van der Waals surface area contributed by atoms with Crippen LogP contribution in [0.4, 0.5) is 10.1 Å². The van der Waals surface area contributed by atoms with E-state index in [1.807, 2.05) is 24.3 Å². The molecule has 1 fully saturated rings. The number of hydrogen-bond acceptors (Lipinski definition) is 3. The topological polar surface area (TPSA) is 44.6 Å². The molecule has 1 aliphatic carbocycles. The molecule has 0 bridgehead atoms. The number of rotatable bonds is 1. The summed E-state index contributed by atoms with van der Waals surface area (Å²) < 4.78 is 13.6. The predicted octanol–water partition coefficient (Wildman–Crippen LogP) is 4.44. The Morgan fingerprint density at radius 2 is 2.04 bits per heavy atom. The van der Waals surface area contributed by atoms with E-state index in [2.05, 4.69) is 16.5 Å². The minimum Gasteiger partial charge on any atom is -0.290 e. The van der Waals surface area contributed by atoms with Crippen molar-refractivity contribution in [1.82, 2.24) is 5.48 Å². The average molecular weight is 310 g/mol. The quantitative estimate of drug-likeness (QED) is 0.765. The van der Waals surface area contributed by atoms with E-state index >= 15 is 0 Å². The van der Waals surface area contributed by atoms with Crippen molar-refractivity contribution in [2.75, 3.05) is 0 Å². The first-order valence-corrected chi connectivity index (χ1v) is 8.07. The first-order valence-electron chi connectivity index (χ1n) is 8.07. The van der Waals surface area contributed by atoms with Crippen LogP contribution in [0.15, 0.2) is 53.5 Å². The van der Waals surface area contributed by atoms with Gasteiger partial charge in [0, 0.05) is 0 Å². The molecule has 0 radical (unpaired) electrons. The summed E-state index contributed by atoms with van der Waals surface area (Å²) in [5.74, 6) is 0.701. The van der Waals surface area contributed by atoms with Gasteiger partial charge in [0.25, 0.3) is 0 Å². The molecule has 2 N–H and O–H groups in total. The minimum absolute atomic E-state index is 0.192. The van der Waals surface area contributed by atoms with Gasteiger partial charge in [0.2, 0.25) is 0 Å². The van der Waals surface area contributed by atoms with Crippen molar-refractivity contribution in [2.24, 2.45) is 4.99 Å². The number of hydrogen-bond donors (Lipinski definition) is 2. The number of aliphatic imine (C=N–C) groups is 1. The standard InChI is InChI=1S/C19H19FN2O/c20-15-7-3-5-13(11-15)14-6-4-10-19(12-14)16-8-1-2-9-17(16)21-18(19)22-23/h1-3,5,7-9,11,14,23H,4,6,10,12H2,(H,21,22). The van der Waals surface area contributed by atoms with Crippen LogP contribution in [-0.4, -0.2) is 11.0 Å². The van der Waals surface area contributed by atoms with E-state index in [1.165, 1.54) is 6.07 Å². The van der Waals surface area contributed by atoms with Crippen molar-refractivity contribution in [2.45, 2.75) is 37.0 Å². The van der Waals surface area contributed by atoms with E-state index in [0.29, 0.717) is 5.84 Å². The van der Waals surface area contributed by atoms with E-state index in [9.17, 15) is 9.60 Å². The SMILES string of the molecule is ONC1=Nc2ccccc2C12CCCC(c1cccc(F)c1)C2. The number of hydroxylamine groups is 1. The number of benzene rings is 2. The summed E-state index contributed by atoms with van der Waals surface area (Å²) in [5.41, 5.74) is 5.16. The van der Waals surface area contributed by atoms with E-state index in [0.717, 1.165) is 42.5 Å². The van der Waals surface area contributed by atoms with Crippen molar-refractivity contribution in [1.29, 1.82) is 0 Å². The Hall–Kier alpha value is -2.20. The number of nitrogens with one attached hydrogen (secondary N) is 1. The molecule has 3 nitrogen and oxygen atoms in total. The maximum atomic E-state index is 13.6. The predicted molar refractivity (Wildman–Crippen MR) is 87.7 cm³/mol. The van der Waals surface area contributed by atoms with Gasteiger partial charge >= 0.3 is 0 Å². The Kier molecular flexibility index (Phi) is 3.42. The molecule has 1 saturated carbocycles. The van der Waals surface area contributed by atoms with Gasteiger partial charge in [0.05, 0.1) is 11.1 Å². The van der Waals surface area contributed by atoms with Crippen LogP contribution in [0.5, 0.6) is 0 Å². The smallest absolute Gasteiger partial charge is 0.136 e. The highest BCUT2D eigenvalue weighted by molar-refractivity contribution is 5.99. The fourth-order valence-electron chi connectivity index (χ4n) is 4.24. The van der Waals surface area contributed by atoms with Gasteiger partial charge in [0.15, 0.2) is 0 Å². The Morgan fingerprint density at radius 1 is 1.17 bits per heavy atom. The van der Waals surface area contributed by atoms with Gasteiger partial charge in [-0.1, -0.05) is 36.8 Å². The first-order chi connectivity index (χ1) is 11.2. The fourth-order valence-corrected chi connectivity index (χ4v) is 4.24. The van der Waals surface area contributed by atoms with Crippen LogP contribution in [0.2, 0.25) is 0 Å². The summed E-state index contributed by atoms with van der Waals surface area (Å²) in [5, 5.41) is 9.62. The van der Waals surface area contributed by atoms with Crippen LogP contribution >= 0.6 is 0 Å². The van der Waals surface area contributed by atoms with E-state index in [4.69, 9.17) is 0 Å². The van der Waals surface area contributed by atoms with Crippen molar-refractivity contribution in [3.63, 3.8) is 0 Å². The Bertz CT molecular complexity index is 773. The lowest BCUT2D eigenvalue weighted by Crippen LogP contribution is -2.44. The molecule has 1 aliphatic heterocycles. The van der Waals surface area contributed by atoms with Crippen molar-refractivity contribution in [3.8, 4) is 0 Å². The first kappa shape index (κ1) is 14.4. The normalized spacial score (nSPS) is 26.0. The third-order valence-corrected chi connectivity index (χ3v) is 5.28. The molecule has 2 atom stereocenters. The maximum absolute atomic E-state index is 13.6. The highest BCUT2D eigenvalue weighted by Crippen LogP contribution is 2.52. The zero-order valence-electron chi connectivity index (χ0n) is 12.8. The highest BCUT2D eigenvalue weighted by atomic mass is 19.1. The third kappa shape index (κ3) is 2.25. The zero-order chi connectivity index (χ0) is 15.9. The van der Waals surface area contributed by atoms with Crippen LogP contribution in [0.1, 0.15) is 42.7 Å². The summed E-state index contributed by atoms with van der Waals surface area (Å²) in [6.45, 7) is 0. The van der Waals surface area contributed by atoms with Gasteiger partial charge in [0.1, 0.15) is 11.7 Å². The largest absolute Gasteiger partial charge is 0.290 e. The van der Waals surface area contributed by atoms with Gasteiger partial charge in [-0.15, -0.1) is 0 Å². The summed E-state index contributed by atoms with van der Waals surface area (Å²) >= 11 is 0. The van der Waals surface area contributed by atoms with Crippen molar-refractivity contribution >= 4 is 11.5 Å². The third-order valence-electron chi connectivity index (χ3n) is 5.28. The van der Waals surface area contributed by atoms with Crippen LogP contribution in [-0.2, 0) is 5.41 Å². The summed E-state index contributed by atoms with van der Waals surface area (Å²) in [6, 6.07) is 14.9. The Balaban J connectivity index is 1.75. The number of amidine groups is 1. The lowest BCUT2D eigenvalue weighted by Gasteiger charge is -2.39. The number of fused-ring (bicyclic) bond motifs is 2. The van der Waals surface area contributed by atoms with E-state index in [-0.39, 0.29) is 17.2 Å². The van der Waals surface area contributed by atoms with Crippen LogP contribution in [0, 0.1) is 5.82 Å². The van der Waals surface area contributed by atoms with Crippen LogP contribution < -0.4 is 5.48 Å². The monoisotopic (exact) mass is 310 g/mol. The molecule has 118 valence electrons. The molecule has 0 saturated heterocycles. The molecular weight excluding hydrogens is 291 g/mol. The second kappa shape index (κ2) is 5.46. The number of nitrogens with zero attached hydrogens (tertiary/aromatic N) is 1. The molecule has 0 amide bonds. The molecule has 4 rings (SSSR count). The van der Waals surface area contributed by atoms with Gasteiger partial charge in [-0.3, -0.25) is 10.7 Å². The fraction of sp³-hybridized carbons (Fsp3) is 0.316. The van der Waals surface area contributed by atoms with Crippen molar-refractivity contribution < 1.29 is 9.60 Å².